The molecule has 4 N–H and O–H groups in total. The summed E-state index contributed by atoms with van der Waals surface area (Å²) in [7, 11) is -4.54. The molecule has 2 heterocycles. The van der Waals surface area contributed by atoms with E-state index < -0.39 is 50.8 Å². The highest BCUT2D eigenvalue weighted by Gasteiger charge is 2.45. The Kier molecular flexibility index (Phi) is 7.66. The average Bonchev–Trinajstić information content (AvgIpc) is 2.73. The number of nitrogens with zero attached hydrogens (tertiary/aromatic N) is 1. The van der Waals surface area contributed by atoms with Crippen molar-refractivity contribution in [2.24, 2.45) is 0 Å². The van der Waals surface area contributed by atoms with Crippen molar-refractivity contribution in [1.29, 1.82) is 5.26 Å². The smallest absolute Gasteiger partial charge is 0.462 e. The Labute approximate surface area is 181 Å². The fourth-order valence-corrected chi connectivity index (χ4v) is 3.81. The van der Waals surface area contributed by atoms with Gasteiger partial charge in [0, 0.05) is 17.5 Å². The molecule has 12 nitrogen and oxygen atoms in total. The van der Waals surface area contributed by atoms with Gasteiger partial charge in [0.05, 0.1) is 25.7 Å². The fraction of sp³-hybridized carbons (Fsp3) is 0.474. The van der Waals surface area contributed by atoms with Crippen molar-refractivity contribution < 1.29 is 47.7 Å². The molecule has 1 aromatic heterocycles. The topological polar surface area (TPSA) is 189 Å². The molecule has 174 valence electrons. The quantitative estimate of drug-likeness (QED) is 0.235. The summed E-state index contributed by atoms with van der Waals surface area (Å²) in [4.78, 5) is 21.2. The number of hydrogen-bond donors (Lipinski definition) is 4. The maximum Gasteiger partial charge on any atom is 0.472 e. The van der Waals surface area contributed by atoms with Gasteiger partial charge in [-0.1, -0.05) is 0 Å². The van der Waals surface area contributed by atoms with Crippen LogP contribution in [0.1, 0.15) is 12.0 Å². The molecule has 1 saturated heterocycles. The highest BCUT2D eigenvalue weighted by atomic mass is 31.2. The van der Waals surface area contributed by atoms with Gasteiger partial charge in [0.2, 0.25) is 6.29 Å². The Hall–Kier alpha value is -2.33. The number of aliphatic hydroxyl groups is 3. The van der Waals surface area contributed by atoms with Crippen LogP contribution in [0.5, 0.6) is 5.75 Å². The molecule has 1 fully saturated rings. The van der Waals surface area contributed by atoms with Crippen molar-refractivity contribution >= 4 is 18.8 Å². The number of aryl methyl sites for hydroxylation is 1. The molecule has 1 aliphatic rings. The molecule has 32 heavy (non-hydrogen) atoms. The van der Waals surface area contributed by atoms with Crippen molar-refractivity contribution in [2.45, 2.75) is 44.1 Å². The Morgan fingerprint density at radius 2 is 1.91 bits per heavy atom. The Morgan fingerprint density at radius 3 is 2.62 bits per heavy atom. The first-order valence-corrected chi connectivity index (χ1v) is 11.0. The number of phosphoric ester groups is 1. The number of hydrogen-bond acceptors (Lipinski definition) is 11. The standard InChI is InChI=1S/C19H22NO11P/c1-10-7-15(21)30-13-8-11(3-4-12(10)13)29-19-18(24)17(23)16(22)14(31-19)9-28-32(25,26)27-6-2-5-20/h3-4,7-8,14,16-19,22-24H,2,6,9H2,1H3,(H,25,26)/t14-,16+,17+,18-,19-/m1/s1. The van der Waals surface area contributed by atoms with Crippen molar-refractivity contribution in [1.82, 2.24) is 0 Å². The van der Waals surface area contributed by atoms with Gasteiger partial charge < -0.3 is 34.1 Å². The van der Waals surface area contributed by atoms with Crippen LogP contribution < -0.4 is 10.4 Å². The summed E-state index contributed by atoms with van der Waals surface area (Å²) in [5.74, 6) is 0.131. The molecule has 1 aromatic carbocycles. The van der Waals surface area contributed by atoms with Crippen LogP contribution in [0.3, 0.4) is 0 Å². The molecule has 0 saturated carbocycles. The zero-order valence-electron chi connectivity index (χ0n) is 16.9. The summed E-state index contributed by atoms with van der Waals surface area (Å²) in [6, 6.07) is 7.62. The second-order valence-electron chi connectivity index (χ2n) is 7.04. The van der Waals surface area contributed by atoms with Crippen LogP contribution in [0.4, 0.5) is 0 Å². The lowest BCUT2D eigenvalue weighted by Crippen LogP contribution is -2.60. The molecule has 1 unspecified atom stereocenters. The molecular formula is C19H22NO11P. The third-order valence-corrected chi connectivity index (χ3v) is 5.70. The predicted molar refractivity (Wildman–Crippen MR) is 106 cm³/mol. The third kappa shape index (κ3) is 5.72. The lowest BCUT2D eigenvalue weighted by molar-refractivity contribution is -0.276. The van der Waals surface area contributed by atoms with E-state index in [4.69, 9.17) is 23.7 Å². The highest BCUT2D eigenvalue weighted by molar-refractivity contribution is 7.47. The summed E-state index contributed by atoms with van der Waals surface area (Å²) in [5.41, 5.74) is 0.370. The fourth-order valence-electron chi connectivity index (χ4n) is 3.08. The van der Waals surface area contributed by atoms with E-state index in [2.05, 4.69) is 4.52 Å². The summed E-state index contributed by atoms with van der Waals surface area (Å²) in [6.45, 7) is 0.708. The van der Waals surface area contributed by atoms with Crippen molar-refractivity contribution in [3.05, 3.63) is 40.2 Å². The minimum absolute atomic E-state index is 0.131. The van der Waals surface area contributed by atoms with Crippen LogP contribution in [0.2, 0.25) is 0 Å². The maximum atomic E-state index is 11.8. The zero-order chi connectivity index (χ0) is 23.5. The van der Waals surface area contributed by atoms with Gasteiger partial charge in [0.15, 0.2) is 0 Å². The van der Waals surface area contributed by atoms with E-state index in [0.29, 0.717) is 10.9 Å². The predicted octanol–water partition coefficient (Wildman–Crippen LogP) is 0.335. The van der Waals surface area contributed by atoms with Gasteiger partial charge in [0.25, 0.3) is 0 Å². The first kappa shape index (κ1) is 24.3. The monoisotopic (exact) mass is 471 g/mol. The minimum atomic E-state index is -4.54. The van der Waals surface area contributed by atoms with E-state index in [1.54, 1.807) is 19.1 Å². The summed E-state index contributed by atoms with van der Waals surface area (Å²) in [5, 5.41) is 39.6. The number of rotatable bonds is 8. The Bertz CT molecular complexity index is 1100. The zero-order valence-corrected chi connectivity index (χ0v) is 17.8. The highest BCUT2D eigenvalue weighted by Crippen LogP contribution is 2.44. The molecule has 6 atom stereocenters. The summed E-state index contributed by atoms with van der Waals surface area (Å²) in [6.07, 6.45) is -8.05. The van der Waals surface area contributed by atoms with E-state index in [1.165, 1.54) is 18.2 Å². The van der Waals surface area contributed by atoms with E-state index in [-0.39, 0.29) is 24.4 Å². The van der Waals surface area contributed by atoms with Crippen LogP contribution >= 0.6 is 7.82 Å². The number of nitriles is 1. The van der Waals surface area contributed by atoms with Crippen molar-refractivity contribution in [2.75, 3.05) is 13.2 Å². The molecule has 0 bridgehead atoms. The molecule has 0 amide bonds. The van der Waals surface area contributed by atoms with E-state index in [0.717, 1.165) is 0 Å². The van der Waals surface area contributed by atoms with Gasteiger partial charge in [-0.05, 0) is 24.6 Å². The van der Waals surface area contributed by atoms with Crippen LogP contribution in [0.15, 0.2) is 33.5 Å². The average molecular weight is 471 g/mol. The van der Waals surface area contributed by atoms with E-state index >= 15 is 0 Å². The van der Waals surface area contributed by atoms with Gasteiger partial charge in [-0.15, -0.1) is 0 Å². The van der Waals surface area contributed by atoms with E-state index in [1.807, 2.05) is 0 Å². The third-order valence-electron chi connectivity index (χ3n) is 4.71. The molecule has 0 radical (unpaired) electrons. The molecule has 0 spiro atoms. The second-order valence-corrected chi connectivity index (χ2v) is 8.50. The number of ether oxygens (including phenoxy) is 2. The molecule has 13 heteroatoms. The molecule has 2 aromatic rings. The molecule has 3 rings (SSSR count). The minimum Gasteiger partial charge on any atom is -0.462 e. The number of benzene rings is 1. The van der Waals surface area contributed by atoms with E-state index in [9.17, 15) is 29.6 Å². The Morgan fingerprint density at radius 1 is 1.16 bits per heavy atom. The first-order chi connectivity index (χ1) is 15.1. The largest absolute Gasteiger partial charge is 0.472 e. The van der Waals surface area contributed by atoms with Crippen LogP contribution in [-0.4, -0.2) is 64.1 Å². The lowest BCUT2D eigenvalue weighted by atomic mass is 9.99. The van der Waals surface area contributed by atoms with Gasteiger partial charge in [-0.3, -0.25) is 9.05 Å². The molecular weight excluding hydrogens is 449 g/mol. The summed E-state index contributed by atoms with van der Waals surface area (Å²) >= 11 is 0. The maximum absolute atomic E-state index is 11.8. The number of fused-ring (bicyclic) bond motifs is 1. The van der Waals surface area contributed by atoms with Crippen LogP contribution in [0, 0.1) is 18.3 Å². The van der Waals surface area contributed by atoms with Gasteiger partial charge in [-0.2, -0.15) is 5.26 Å². The number of aliphatic hydroxyl groups excluding tert-OH is 3. The van der Waals surface area contributed by atoms with Crippen LogP contribution in [-0.2, 0) is 18.3 Å². The lowest BCUT2D eigenvalue weighted by Gasteiger charge is -2.40. The van der Waals surface area contributed by atoms with Gasteiger partial charge >= 0.3 is 13.4 Å². The van der Waals surface area contributed by atoms with Gasteiger partial charge in [0.1, 0.15) is 35.7 Å². The normalized spacial score (nSPS) is 27.6. The first-order valence-electron chi connectivity index (χ1n) is 9.51. The molecule has 0 aliphatic carbocycles. The molecule has 1 aliphatic heterocycles. The Balaban J connectivity index is 1.71. The summed E-state index contributed by atoms with van der Waals surface area (Å²) < 4.78 is 37.3. The van der Waals surface area contributed by atoms with Gasteiger partial charge in [-0.25, -0.2) is 9.36 Å². The SMILES string of the molecule is Cc1cc(=O)oc2cc(O[C@@H]3O[C@H](COP(=O)(O)OCCC#N)[C@H](O)[C@H](O)[C@H]3O)ccc12. The van der Waals surface area contributed by atoms with Crippen molar-refractivity contribution in [3.8, 4) is 11.8 Å². The number of phosphoric acid groups is 1. The van der Waals surface area contributed by atoms with Crippen molar-refractivity contribution in [3.63, 3.8) is 0 Å². The second kappa shape index (κ2) is 10.1. The van der Waals surface area contributed by atoms with Crippen LogP contribution in [0.25, 0.3) is 11.0 Å².